The van der Waals surface area contributed by atoms with Crippen molar-refractivity contribution in [1.29, 1.82) is 0 Å². The second-order valence-corrected chi connectivity index (χ2v) is 5.38. The normalized spacial score (nSPS) is 11.6. The Morgan fingerprint density at radius 3 is 2.61 bits per heavy atom. The SMILES string of the molecule is COc1ccc(S(=O)(=O)NCCCF)c(C)c1F. The number of halogens is 2. The molecule has 4 nitrogen and oxygen atoms in total. The highest BCUT2D eigenvalue weighted by molar-refractivity contribution is 7.89. The van der Waals surface area contributed by atoms with Crippen LogP contribution in [0.15, 0.2) is 17.0 Å². The minimum Gasteiger partial charge on any atom is -0.494 e. The number of hydrogen-bond acceptors (Lipinski definition) is 3. The molecule has 0 aliphatic rings. The highest BCUT2D eigenvalue weighted by Gasteiger charge is 2.20. The maximum atomic E-state index is 13.7. The zero-order valence-electron chi connectivity index (χ0n) is 10.2. The number of alkyl halides is 1. The summed E-state index contributed by atoms with van der Waals surface area (Å²) in [5.41, 5.74) is -0.0258. The molecule has 0 aliphatic carbocycles. The van der Waals surface area contributed by atoms with Gasteiger partial charge in [0.15, 0.2) is 11.6 Å². The van der Waals surface area contributed by atoms with Gasteiger partial charge in [-0.2, -0.15) is 0 Å². The van der Waals surface area contributed by atoms with Crippen molar-refractivity contribution in [3.05, 3.63) is 23.5 Å². The van der Waals surface area contributed by atoms with Crippen molar-refractivity contribution in [2.75, 3.05) is 20.3 Å². The Bertz CT molecular complexity index is 517. The molecule has 0 spiro atoms. The molecule has 18 heavy (non-hydrogen) atoms. The first kappa shape index (κ1) is 14.8. The summed E-state index contributed by atoms with van der Waals surface area (Å²) in [6.45, 7) is 0.714. The summed E-state index contributed by atoms with van der Waals surface area (Å²) in [4.78, 5) is -0.167. The summed E-state index contributed by atoms with van der Waals surface area (Å²) in [5.74, 6) is -0.735. The Labute approximate surface area is 105 Å². The van der Waals surface area contributed by atoms with Crippen molar-refractivity contribution >= 4 is 10.0 Å². The predicted molar refractivity (Wildman–Crippen MR) is 63.5 cm³/mol. The largest absolute Gasteiger partial charge is 0.494 e. The van der Waals surface area contributed by atoms with Gasteiger partial charge in [0.25, 0.3) is 0 Å². The number of sulfonamides is 1. The number of rotatable bonds is 6. The zero-order chi connectivity index (χ0) is 13.8. The summed E-state index contributed by atoms with van der Waals surface area (Å²) in [6.07, 6.45) is 0.0803. The molecule has 1 aromatic rings. The van der Waals surface area contributed by atoms with Crippen LogP contribution in [-0.4, -0.2) is 28.7 Å². The van der Waals surface area contributed by atoms with Crippen LogP contribution in [0.25, 0.3) is 0 Å². The summed E-state index contributed by atoms with van der Waals surface area (Å²) < 4.78 is 56.2. The van der Waals surface area contributed by atoms with E-state index in [9.17, 15) is 17.2 Å². The average Bonchev–Trinajstić information content (AvgIpc) is 2.32. The first-order valence-electron chi connectivity index (χ1n) is 5.32. The number of methoxy groups -OCH3 is 1. The van der Waals surface area contributed by atoms with Crippen molar-refractivity contribution in [2.45, 2.75) is 18.2 Å². The average molecular weight is 279 g/mol. The van der Waals surface area contributed by atoms with Crippen LogP contribution in [0, 0.1) is 12.7 Å². The Morgan fingerprint density at radius 1 is 1.39 bits per heavy atom. The van der Waals surface area contributed by atoms with Gasteiger partial charge in [-0.15, -0.1) is 0 Å². The Hall–Kier alpha value is -1.21. The number of hydrogen-bond donors (Lipinski definition) is 1. The third-order valence-electron chi connectivity index (χ3n) is 2.41. The van der Waals surface area contributed by atoms with Gasteiger partial charge in [-0.05, 0) is 25.5 Å². The monoisotopic (exact) mass is 279 g/mol. The Morgan fingerprint density at radius 2 is 2.06 bits per heavy atom. The highest BCUT2D eigenvalue weighted by atomic mass is 32.2. The zero-order valence-corrected chi connectivity index (χ0v) is 11.0. The van der Waals surface area contributed by atoms with Crippen LogP contribution in [0.1, 0.15) is 12.0 Å². The molecular formula is C11H15F2NO3S. The van der Waals surface area contributed by atoms with Gasteiger partial charge in [0.05, 0.1) is 18.7 Å². The molecule has 0 saturated heterocycles. The van der Waals surface area contributed by atoms with Gasteiger partial charge in [-0.25, -0.2) is 17.5 Å². The van der Waals surface area contributed by atoms with Gasteiger partial charge in [0.2, 0.25) is 10.0 Å². The van der Waals surface area contributed by atoms with Crippen molar-refractivity contribution < 1.29 is 21.9 Å². The molecule has 0 unspecified atom stereocenters. The van der Waals surface area contributed by atoms with E-state index in [1.807, 2.05) is 0 Å². The lowest BCUT2D eigenvalue weighted by atomic mass is 10.2. The molecule has 0 heterocycles. The van der Waals surface area contributed by atoms with E-state index in [-0.39, 0.29) is 29.2 Å². The van der Waals surface area contributed by atoms with E-state index in [2.05, 4.69) is 4.72 Å². The molecule has 0 aromatic heterocycles. The van der Waals surface area contributed by atoms with Gasteiger partial charge < -0.3 is 4.74 Å². The van der Waals surface area contributed by atoms with Crippen LogP contribution in [0.4, 0.5) is 8.78 Å². The lowest BCUT2D eigenvalue weighted by molar-refractivity contribution is 0.384. The fourth-order valence-electron chi connectivity index (χ4n) is 1.44. The molecule has 0 bridgehead atoms. The number of ether oxygens (including phenoxy) is 1. The third-order valence-corrected chi connectivity index (χ3v) is 4.02. The molecule has 7 heteroatoms. The molecule has 0 amide bonds. The molecule has 0 fully saturated rings. The number of benzene rings is 1. The minimum atomic E-state index is -3.82. The topological polar surface area (TPSA) is 55.4 Å². The van der Waals surface area contributed by atoms with Gasteiger partial charge in [0, 0.05) is 12.1 Å². The van der Waals surface area contributed by atoms with Crippen LogP contribution in [0.2, 0.25) is 0 Å². The maximum absolute atomic E-state index is 13.7. The second kappa shape index (κ2) is 6.10. The fourth-order valence-corrected chi connectivity index (χ4v) is 2.75. The van der Waals surface area contributed by atoms with Crippen molar-refractivity contribution in [2.24, 2.45) is 0 Å². The number of nitrogens with one attached hydrogen (secondary N) is 1. The van der Waals surface area contributed by atoms with Gasteiger partial charge in [0.1, 0.15) is 0 Å². The maximum Gasteiger partial charge on any atom is 0.240 e. The van der Waals surface area contributed by atoms with Gasteiger partial charge in [-0.3, -0.25) is 4.39 Å². The summed E-state index contributed by atoms with van der Waals surface area (Å²) in [7, 11) is -2.53. The van der Waals surface area contributed by atoms with Crippen LogP contribution in [-0.2, 0) is 10.0 Å². The summed E-state index contributed by atoms with van der Waals surface area (Å²) in [6, 6.07) is 2.50. The first-order chi connectivity index (χ1) is 8.44. The van der Waals surface area contributed by atoms with E-state index < -0.39 is 22.5 Å². The first-order valence-corrected chi connectivity index (χ1v) is 6.81. The standard InChI is InChI=1S/C11H15F2NO3S/c1-8-10(5-4-9(17-2)11(8)13)18(15,16)14-7-3-6-12/h4-5,14H,3,6-7H2,1-2H3. The van der Waals surface area contributed by atoms with Crippen molar-refractivity contribution in [1.82, 2.24) is 4.72 Å². The van der Waals surface area contributed by atoms with E-state index in [0.717, 1.165) is 0 Å². The molecule has 1 N–H and O–H groups in total. The van der Waals surface area contributed by atoms with E-state index in [4.69, 9.17) is 4.74 Å². The quantitative estimate of drug-likeness (QED) is 0.808. The fraction of sp³-hybridized carbons (Fsp3) is 0.455. The minimum absolute atomic E-state index is 0.0183. The van der Waals surface area contributed by atoms with Gasteiger partial charge >= 0.3 is 0 Å². The summed E-state index contributed by atoms with van der Waals surface area (Å²) >= 11 is 0. The van der Waals surface area contributed by atoms with E-state index in [0.29, 0.717) is 0 Å². The van der Waals surface area contributed by atoms with Crippen LogP contribution in [0.5, 0.6) is 5.75 Å². The lowest BCUT2D eigenvalue weighted by Crippen LogP contribution is -2.26. The molecule has 0 aliphatic heterocycles. The predicted octanol–water partition coefficient (Wildman–Crippen LogP) is 1.78. The molecule has 0 radical (unpaired) electrons. The molecular weight excluding hydrogens is 264 g/mol. The molecule has 1 aromatic carbocycles. The molecule has 0 atom stereocenters. The van der Waals surface area contributed by atoms with E-state index in [1.165, 1.54) is 26.2 Å². The molecule has 102 valence electrons. The van der Waals surface area contributed by atoms with Crippen LogP contribution < -0.4 is 9.46 Å². The second-order valence-electron chi connectivity index (χ2n) is 3.65. The van der Waals surface area contributed by atoms with Crippen molar-refractivity contribution in [3.8, 4) is 5.75 Å². The summed E-state index contributed by atoms with van der Waals surface area (Å²) in [5, 5.41) is 0. The van der Waals surface area contributed by atoms with Crippen LogP contribution in [0.3, 0.4) is 0 Å². The Kier molecular flexibility index (Phi) is 5.03. The van der Waals surface area contributed by atoms with Gasteiger partial charge in [-0.1, -0.05) is 0 Å². The molecule has 0 saturated carbocycles. The lowest BCUT2D eigenvalue weighted by Gasteiger charge is -2.11. The van der Waals surface area contributed by atoms with Crippen LogP contribution >= 0.6 is 0 Å². The van der Waals surface area contributed by atoms with E-state index >= 15 is 0 Å². The third kappa shape index (κ3) is 3.17. The molecule has 1 rings (SSSR count). The van der Waals surface area contributed by atoms with E-state index in [1.54, 1.807) is 0 Å². The smallest absolute Gasteiger partial charge is 0.240 e. The highest BCUT2D eigenvalue weighted by Crippen LogP contribution is 2.25. The van der Waals surface area contributed by atoms with Crippen molar-refractivity contribution in [3.63, 3.8) is 0 Å². The Balaban J connectivity index is 3.06.